The summed E-state index contributed by atoms with van der Waals surface area (Å²) in [6.07, 6.45) is 46.7. The van der Waals surface area contributed by atoms with E-state index >= 15 is 0 Å². The molecule has 0 bridgehead atoms. The summed E-state index contributed by atoms with van der Waals surface area (Å²) in [6.45, 7) is 1.99. The summed E-state index contributed by atoms with van der Waals surface area (Å²) in [5, 5.41) is 28.3. The quantitative estimate of drug-likeness (QED) is 0.0155. The summed E-state index contributed by atoms with van der Waals surface area (Å²) in [6, 6.07) is 0. The molecule has 4 atom stereocenters. The molecule has 0 spiro atoms. The Kier molecular flexibility index (Phi) is 38.0. The topological polar surface area (TPSA) is 169 Å². The van der Waals surface area contributed by atoms with Crippen molar-refractivity contribution in [2.45, 2.75) is 141 Å². The van der Waals surface area contributed by atoms with E-state index in [1.54, 1.807) is 6.08 Å². The SMILES string of the molecule is CC/C=C\C/C=C\CC(O)/C=C/C=C\C/C=C\C/C=C\CCC(=O)O[C@H](COC(=O)CCCC/C=C\C/C=C\C/C=C\CCCCC)COP(=O)(O)OC[C@@H](O)CO. The van der Waals surface area contributed by atoms with E-state index in [9.17, 15) is 29.3 Å². The monoisotopic (exact) mass is 832 g/mol. The number of unbranched alkanes of at least 4 members (excludes halogenated alkanes) is 5. The number of phosphoric acid groups is 1. The molecule has 4 N–H and O–H groups in total. The first kappa shape index (κ1) is 54.6. The lowest BCUT2D eigenvalue weighted by Crippen LogP contribution is -2.29. The Morgan fingerprint density at radius 2 is 1.16 bits per heavy atom. The van der Waals surface area contributed by atoms with Crippen molar-refractivity contribution >= 4 is 19.8 Å². The van der Waals surface area contributed by atoms with Crippen molar-refractivity contribution in [1.82, 2.24) is 0 Å². The predicted molar refractivity (Wildman–Crippen MR) is 234 cm³/mol. The standard InChI is InChI=1S/C46H73O11P/c1-3-5-7-9-11-12-13-14-15-16-17-21-24-28-32-36-45(50)54-40-44(41-56-58(52,53)55-39-43(49)38-47)57-46(51)37-33-29-25-22-19-18-20-23-27-31-35-42(48)34-30-26-10-8-6-4-2/h6,8,11-12,14-15,17-19,21,23,25-27,29-31,35,42-44,47-49H,3-5,7,9-10,13,16,20,22,24,28,32-34,36-41H2,1-2H3,(H,52,53)/b8-6-,12-11-,15-14-,19-18-,21-17-,27-23-,29-25-,30-26-,35-31+/t42?,43-,44+/m0/s1. The van der Waals surface area contributed by atoms with Gasteiger partial charge in [-0.3, -0.25) is 18.6 Å². The van der Waals surface area contributed by atoms with Crippen LogP contribution in [0.2, 0.25) is 0 Å². The number of aliphatic hydroxyl groups excluding tert-OH is 3. The number of esters is 2. The molecule has 58 heavy (non-hydrogen) atoms. The number of hydrogen-bond acceptors (Lipinski definition) is 10. The zero-order valence-corrected chi connectivity index (χ0v) is 36.0. The average Bonchev–Trinajstić information content (AvgIpc) is 3.21. The molecule has 0 rings (SSSR count). The number of carbonyl (C=O) groups excluding carboxylic acids is 2. The number of hydrogen-bond donors (Lipinski definition) is 4. The normalized spacial score (nSPS) is 15.5. The van der Waals surface area contributed by atoms with Crippen molar-refractivity contribution in [1.29, 1.82) is 0 Å². The Morgan fingerprint density at radius 3 is 1.78 bits per heavy atom. The number of aliphatic hydroxyl groups is 3. The summed E-state index contributed by atoms with van der Waals surface area (Å²) in [5.41, 5.74) is 0. The highest BCUT2D eigenvalue weighted by molar-refractivity contribution is 7.47. The molecule has 0 aliphatic heterocycles. The summed E-state index contributed by atoms with van der Waals surface area (Å²) < 4.78 is 32.5. The van der Waals surface area contributed by atoms with Crippen molar-refractivity contribution in [3.05, 3.63) is 109 Å². The van der Waals surface area contributed by atoms with Crippen LogP contribution >= 0.6 is 7.82 Å². The number of carbonyl (C=O) groups is 2. The summed E-state index contributed by atoms with van der Waals surface area (Å²) >= 11 is 0. The fourth-order valence-corrected chi connectivity index (χ4v) is 5.54. The Hall–Kier alpha value is -3.41. The van der Waals surface area contributed by atoms with Crippen molar-refractivity contribution in [2.75, 3.05) is 26.4 Å². The largest absolute Gasteiger partial charge is 0.472 e. The van der Waals surface area contributed by atoms with Crippen LogP contribution in [0, 0.1) is 0 Å². The third-order valence-corrected chi connectivity index (χ3v) is 8.96. The molecule has 12 heteroatoms. The highest BCUT2D eigenvalue weighted by atomic mass is 31.2. The highest BCUT2D eigenvalue weighted by Gasteiger charge is 2.27. The molecule has 0 aliphatic rings. The van der Waals surface area contributed by atoms with Crippen LogP contribution in [0.3, 0.4) is 0 Å². The molecule has 2 unspecified atom stereocenters. The van der Waals surface area contributed by atoms with Crippen LogP contribution in [0.1, 0.15) is 123 Å². The first-order chi connectivity index (χ1) is 28.1. The molecular formula is C46H73O11P. The second-order valence-electron chi connectivity index (χ2n) is 13.5. The second-order valence-corrected chi connectivity index (χ2v) is 14.9. The minimum Gasteiger partial charge on any atom is -0.462 e. The van der Waals surface area contributed by atoms with E-state index in [1.165, 1.54) is 19.3 Å². The van der Waals surface area contributed by atoms with Gasteiger partial charge in [-0.05, 0) is 83.5 Å². The van der Waals surface area contributed by atoms with Crippen molar-refractivity contribution < 1.29 is 52.9 Å². The van der Waals surface area contributed by atoms with Gasteiger partial charge < -0.3 is 29.7 Å². The van der Waals surface area contributed by atoms with Gasteiger partial charge in [-0.15, -0.1) is 0 Å². The molecule has 11 nitrogen and oxygen atoms in total. The lowest BCUT2D eigenvalue weighted by Gasteiger charge is -2.20. The molecule has 0 aliphatic carbocycles. The minimum absolute atomic E-state index is 0.0206. The van der Waals surface area contributed by atoms with Crippen LogP contribution in [-0.2, 0) is 32.7 Å². The van der Waals surface area contributed by atoms with E-state index < -0.39 is 57.9 Å². The molecule has 0 saturated carbocycles. The lowest BCUT2D eigenvalue weighted by molar-refractivity contribution is -0.161. The van der Waals surface area contributed by atoms with E-state index in [-0.39, 0.29) is 19.4 Å². The molecule has 0 saturated heterocycles. The van der Waals surface area contributed by atoms with E-state index in [0.717, 1.165) is 51.4 Å². The Balaban J connectivity index is 4.60. The zero-order valence-electron chi connectivity index (χ0n) is 35.1. The van der Waals surface area contributed by atoms with Crippen LogP contribution in [0.5, 0.6) is 0 Å². The molecule has 0 radical (unpaired) electrons. The van der Waals surface area contributed by atoms with Crippen LogP contribution < -0.4 is 0 Å². The number of phosphoric ester groups is 1. The van der Waals surface area contributed by atoms with Crippen molar-refractivity contribution in [2.24, 2.45) is 0 Å². The number of ether oxygens (including phenoxy) is 2. The van der Waals surface area contributed by atoms with Crippen LogP contribution in [0.25, 0.3) is 0 Å². The Labute approximate surface area is 348 Å². The van der Waals surface area contributed by atoms with Crippen molar-refractivity contribution in [3.63, 3.8) is 0 Å². The fraction of sp³-hybridized carbons (Fsp3) is 0.565. The molecule has 0 aromatic carbocycles. The fourth-order valence-electron chi connectivity index (χ4n) is 4.75. The van der Waals surface area contributed by atoms with Gasteiger partial charge in [0.1, 0.15) is 12.7 Å². The lowest BCUT2D eigenvalue weighted by atomic mass is 10.1. The smallest absolute Gasteiger partial charge is 0.462 e. The first-order valence-corrected chi connectivity index (χ1v) is 22.4. The third-order valence-electron chi connectivity index (χ3n) is 8.01. The molecule has 0 aromatic rings. The Morgan fingerprint density at radius 1 is 0.603 bits per heavy atom. The maximum absolute atomic E-state index is 12.6. The number of allylic oxidation sites excluding steroid dienone is 16. The molecule has 0 aromatic heterocycles. The maximum atomic E-state index is 12.6. The molecule has 0 heterocycles. The first-order valence-electron chi connectivity index (χ1n) is 21.0. The summed E-state index contributed by atoms with van der Waals surface area (Å²) in [7, 11) is -4.67. The van der Waals surface area contributed by atoms with E-state index in [2.05, 4.69) is 67.0 Å². The van der Waals surface area contributed by atoms with Gasteiger partial charge in [0.05, 0.1) is 25.9 Å². The van der Waals surface area contributed by atoms with Gasteiger partial charge in [0.15, 0.2) is 6.10 Å². The van der Waals surface area contributed by atoms with Gasteiger partial charge in [-0.25, -0.2) is 4.57 Å². The molecule has 328 valence electrons. The van der Waals surface area contributed by atoms with Crippen LogP contribution in [-0.4, -0.2) is 76.9 Å². The maximum Gasteiger partial charge on any atom is 0.472 e. The van der Waals surface area contributed by atoms with Gasteiger partial charge in [-0.1, -0.05) is 136 Å². The average molecular weight is 833 g/mol. The van der Waals surface area contributed by atoms with E-state index in [4.69, 9.17) is 19.1 Å². The second kappa shape index (κ2) is 40.4. The van der Waals surface area contributed by atoms with E-state index in [0.29, 0.717) is 25.7 Å². The number of rotatable bonds is 37. The summed E-state index contributed by atoms with van der Waals surface area (Å²) in [5.74, 6) is -1.11. The molecule has 0 amide bonds. The third kappa shape index (κ3) is 39.4. The van der Waals surface area contributed by atoms with Gasteiger partial charge in [-0.2, -0.15) is 0 Å². The van der Waals surface area contributed by atoms with Crippen LogP contribution in [0.4, 0.5) is 0 Å². The molecular weight excluding hydrogens is 759 g/mol. The summed E-state index contributed by atoms with van der Waals surface area (Å²) in [4.78, 5) is 34.9. The van der Waals surface area contributed by atoms with Gasteiger partial charge in [0.25, 0.3) is 0 Å². The van der Waals surface area contributed by atoms with Gasteiger partial charge >= 0.3 is 19.8 Å². The zero-order chi connectivity index (χ0) is 42.8. The Bertz CT molecular complexity index is 1340. The van der Waals surface area contributed by atoms with Gasteiger partial charge in [0, 0.05) is 12.8 Å². The minimum atomic E-state index is -4.67. The highest BCUT2D eigenvalue weighted by Crippen LogP contribution is 2.43. The predicted octanol–water partition coefficient (Wildman–Crippen LogP) is 9.97. The molecule has 0 fully saturated rings. The van der Waals surface area contributed by atoms with Gasteiger partial charge in [0.2, 0.25) is 0 Å². The van der Waals surface area contributed by atoms with E-state index in [1.807, 2.05) is 54.7 Å². The van der Waals surface area contributed by atoms with Crippen LogP contribution in [0.15, 0.2) is 109 Å². The van der Waals surface area contributed by atoms with Crippen molar-refractivity contribution in [3.8, 4) is 0 Å².